The predicted molar refractivity (Wildman–Crippen MR) is 94.3 cm³/mol. The first-order valence-corrected chi connectivity index (χ1v) is 8.97. The van der Waals surface area contributed by atoms with Gasteiger partial charge in [-0.1, -0.05) is 20.3 Å². The van der Waals surface area contributed by atoms with Gasteiger partial charge in [-0.15, -0.1) is 0 Å². The second-order valence-corrected chi connectivity index (χ2v) is 6.87. The van der Waals surface area contributed by atoms with Crippen molar-refractivity contribution in [3.63, 3.8) is 0 Å². The molecule has 3 rings (SSSR count). The third kappa shape index (κ3) is 3.46. The molecule has 0 unspecified atom stereocenters. The van der Waals surface area contributed by atoms with E-state index < -0.39 is 0 Å². The Balaban J connectivity index is 1.84. The van der Waals surface area contributed by atoms with E-state index in [1.54, 1.807) is 24.3 Å². The number of allylic oxidation sites excluding steroid dienone is 1. The molecule has 0 radical (unpaired) electrons. The largest absolute Gasteiger partial charge is 0.475 e. The van der Waals surface area contributed by atoms with E-state index in [-0.39, 0.29) is 16.8 Å². The molecule has 5 nitrogen and oxygen atoms in total. The molecule has 0 spiro atoms. The van der Waals surface area contributed by atoms with Crippen LogP contribution in [-0.4, -0.2) is 29.1 Å². The summed E-state index contributed by atoms with van der Waals surface area (Å²) in [5.74, 6) is 1.79. The lowest BCUT2D eigenvalue weighted by molar-refractivity contribution is -0.384. The SMILES string of the molecule is CC[C@H]1C=C(c2ccc([N+](=O)[O-])cc2)O[C@H](N2CCCCC2)[C@@H]1C. The van der Waals surface area contributed by atoms with E-state index >= 15 is 0 Å². The Labute approximate surface area is 143 Å². The summed E-state index contributed by atoms with van der Waals surface area (Å²) in [6, 6.07) is 6.68. The number of non-ortho nitro benzene ring substituents is 1. The van der Waals surface area contributed by atoms with Crippen molar-refractivity contribution in [3.8, 4) is 0 Å². The Hall–Kier alpha value is -1.88. The molecule has 3 atom stereocenters. The highest BCUT2D eigenvalue weighted by atomic mass is 16.6. The number of nitrogens with zero attached hydrogens (tertiary/aromatic N) is 2. The molecule has 1 saturated heterocycles. The Morgan fingerprint density at radius 1 is 1.21 bits per heavy atom. The molecule has 1 aromatic carbocycles. The number of rotatable bonds is 4. The van der Waals surface area contributed by atoms with Gasteiger partial charge in [0.05, 0.1) is 4.92 Å². The first-order chi connectivity index (χ1) is 11.6. The standard InChI is InChI=1S/C19H26N2O3/c1-3-15-13-18(16-7-9-17(10-8-16)21(22)23)24-19(14(15)2)20-11-5-4-6-12-20/h7-10,13-15,19H,3-6,11-12H2,1-2H3/t14-,15+,19+/m1/s1. The fraction of sp³-hybridized carbons (Fsp3) is 0.579. The Morgan fingerprint density at radius 2 is 1.88 bits per heavy atom. The Bertz CT molecular complexity index is 606. The van der Waals surface area contributed by atoms with Crippen LogP contribution in [0.2, 0.25) is 0 Å². The summed E-state index contributed by atoms with van der Waals surface area (Å²) in [5.41, 5.74) is 1.04. The van der Waals surface area contributed by atoms with Gasteiger partial charge in [0.15, 0.2) is 6.23 Å². The summed E-state index contributed by atoms with van der Waals surface area (Å²) in [6.45, 7) is 6.68. The molecule has 0 saturated carbocycles. The fourth-order valence-electron chi connectivity index (χ4n) is 3.82. The van der Waals surface area contributed by atoms with E-state index in [4.69, 9.17) is 4.74 Å². The zero-order valence-corrected chi connectivity index (χ0v) is 14.5. The normalized spacial score (nSPS) is 28.1. The molecular formula is C19H26N2O3. The molecule has 24 heavy (non-hydrogen) atoms. The third-order valence-corrected chi connectivity index (χ3v) is 5.32. The molecule has 130 valence electrons. The minimum absolute atomic E-state index is 0.102. The van der Waals surface area contributed by atoms with Gasteiger partial charge in [-0.3, -0.25) is 15.0 Å². The van der Waals surface area contributed by atoms with Crippen LogP contribution in [0.25, 0.3) is 5.76 Å². The first-order valence-electron chi connectivity index (χ1n) is 8.97. The maximum absolute atomic E-state index is 10.8. The average molecular weight is 330 g/mol. The molecule has 0 bridgehead atoms. The van der Waals surface area contributed by atoms with Gasteiger partial charge in [0.2, 0.25) is 0 Å². The van der Waals surface area contributed by atoms with Crippen LogP contribution < -0.4 is 0 Å². The fourth-order valence-corrected chi connectivity index (χ4v) is 3.82. The maximum Gasteiger partial charge on any atom is 0.269 e. The zero-order valence-electron chi connectivity index (χ0n) is 14.5. The maximum atomic E-state index is 10.8. The van der Waals surface area contributed by atoms with Crippen LogP contribution in [0.3, 0.4) is 0 Å². The second-order valence-electron chi connectivity index (χ2n) is 6.87. The first kappa shape index (κ1) is 17.0. The van der Waals surface area contributed by atoms with Crippen molar-refractivity contribution in [1.29, 1.82) is 0 Å². The van der Waals surface area contributed by atoms with Crippen molar-refractivity contribution < 1.29 is 9.66 Å². The minimum Gasteiger partial charge on any atom is -0.475 e. The van der Waals surface area contributed by atoms with Crippen molar-refractivity contribution in [3.05, 3.63) is 46.0 Å². The average Bonchev–Trinajstić information content (AvgIpc) is 2.62. The molecule has 0 aliphatic carbocycles. The molecule has 2 aliphatic rings. The monoisotopic (exact) mass is 330 g/mol. The summed E-state index contributed by atoms with van der Waals surface area (Å²) in [7, 11) is 0. The number of hydrogen-bond donors (Lipinski definition) is 0. The van der Waals surface area contributed by atoms with Gasteiger partial charge in [0, 0.05) is 36.7 Å². The van der Waals surface area contributed by atoms with Gasteiger partial charge in [0.25, 0.3) is 5.69 Å². The van der Waals surface area contributed by atoms with E-state index in [0.29, 0.717) is 11.8 Å². The Morgan fingerprint density at radius 3 is 2.46 bits per heavy atom. The van der Waals surface area contributed by atoms with Crippen molar-refractivity contribution in [2.24, 2.45) is 11.8 Å². The van der Waals surface area contributed by atoms with Crippen LogP contribution in [0, 0.1) is 22.0 Å². The predicted octanol–water partition coefficient (Wildman–Crippen LogP) is 4.44. The van der Waals surface area contributed by atoms with Crippen LogP contribution in [0.5, 0.6) is 0 Å². The van der Waals surface area contributed by atoms with Gasteiger partial charge >= 0.3 is 0 Å². The molecule has 0 N–H and O–H groups in total. The second kappa shape index (κ2) is 7.34. The zero-order chi connectivity index (χ0) is 17.1. The summed E-state index contributed by atoms with van der Waals surface area (Å²) in [6.07, 6.45) is 7.16. The Kier molecular flexibility index (Phi) is 5.19. The van der Waals surface area contributed by atoms with E-state index in [1.165, 1.54) is 19.3 Å². The quantitative estimate of drug-likeness (QED) is 0.605. The lowest BCUT2D eigenvalue weighted by Gasteiger charge is -2.43. The van der Waals surface area contributed by atoms with E-state index in [1.807, 2.05) is 0 Å². The smallest absolute Gasteiger partial charge is 0.269 e. The molecule has 2 heterocycles. The number of piperidine rings is 1. The van der Waals surface area contributed by atoms with Crippen molar-refractivity contribution in [2.75, 3.05) is 13.1 Å². The van der Waals surface area contributed by atoms with Gasteiger partial charge in [-0.05, 0) is 43.4 Å². The van der Waals surface area contributed by atoms with Crippen LogP contribution in [-0.2, 0) is 4.74 Å². The molecule has 0 aromatic heterocycles. The number of likely N-dealkylation sites (tertiary alicyclic amines) is 1. The van der Waals surface area contributed by atoms with Crippen LogP contribution in [0.15, 0.2) is 30.3 Å². The van der Waals surface area contributed by atoms with Crippen molar-refractivity contribution in [2.45, 2.75) is 45.8 Å². The number of nitro benzene ring substituents is 1. The summed E-state index contributed by atoms with van der Waals surface area (Å²) < 4.78 is 6.37. The van der Waals surface area contributed by atoms with E-state index in [0.717, 1.165) is 30.8 Å². The molecule has 0 amide bonds. The highest BCUT2D eigenvalue weighted by Crippen LogP contribution is 2.37. The third-order valence-electron chi connectivity index (χ3n) is 5.32. The number of ether oxygens (including phenoxy) is 1. The lowest BCUT2D eigenvalue weighted by atomic mass is 9.85. The van der Waals surface area contributed by atoms with E-state index in [2.05, 4.69) is 24.8 Å². The summed E-state index contributed by atoms with van der Waals surface area (Å²) >= 11 is 0. The van der Waals surface area contributed by atoms with Crippen molar-refractivity contribution in [1.82, 2.24) is 4.90 Å². The van der Waals surface area contributed by atoms with Crippen molar-refractivity contribution >= 4 is 11.4 Å². The molecule has 1 fully saturated rings. The van der Waals surface area contributed by atoms with Gasteiger partial charge < -0.3 is 4.74 Å². The highest BCUT2D eigenvalue weighted by molar-refractivity contribution is 5.62. The topological polar surface area (TPSA) is 55.6 Å². The van der Waals surface area contributed by atoms with E-state index in [9.17, 15) is 10.1 Å². The highest BCUT2D eigenvalue weighted by Gasteiger charge is 2.35. The molecule has 1 aromatic rings. The molecule has 2 aliphatic heterocycles. The molecule has 5 heteroatoms. The van der Waals surface area contributed by atoms with Crippen LogP contribution in [0.4, 0.5) is 5.69 Å². The van der Waals surface area contributed by atoms with Gasteiger partial charge in [-0.2, -0.15) is 0 Å². The minimum atomic E-state index is -0.368. The molecular weight excluding hydrogens is 304 g/mol. The van der Waals surface area contributed by atoms with Crippen LogP contribution >= 0.6 is 0 Å². The lowest BCUT2D eigenvalue weighted by Crippen LogP contribution is -2.47. The van der Waals surface area contributed by atoms with Gasteiger partial charge in [0.1, 0.15) is 5.76 Å². The number of benzene rings is 1. The number of hydrogen-bond acceptors (Lipinski definition) is 4. The number of nitro groups is 1. The summed E-state index contributed by atoms with van der Waals surface area (Å²) in [4.78, 5) is 12.9. The van der Waals surface area contributed by atoms with Gasteiger partial charge in [-0.25, -0.2) is 0 Å². The summed E-state index contributed by atoms with van der Waals surface area (Å²) in [5, 5.41) is 10.8. The van der Waals surface area contributed by atoms with Crippen LogP contribution in [0.1, 0.15) is 45.1 Å².